The number of H-pyrrole nitrogens is 1. The summed E-state index contributed by atoms with van der Waals surface area (Å²) in [4.78, 5) is 7.99. The molecule has 4 heteroatoms. The minimum atomic E-state index is 0.905. The third-order valence-electron chi connectivity index (χ3n) is 2.90. The van der Waals surface area contributed by atoms with E-state index in [1.807, 2.05) is 24.3 Å². The Kier molecular flexibility index (Phi) is 2.99. The van der Waals surface area contributed by atoms with Gasteiger partial charge in [-0.15, -0.1) is 0 Å². The van der Waals surface area contributed by atoms with Crippen LogP contribution in [0.15, 0.2) is 45.3 Å². The lowest BCUT2D eigenvalue weighted by molar-refractivity contribution is 1.30. The van der Waals surface area contributed by atoms with Gasteiger partial charge >= 0.3 is 0 Å². The first-order valence-corrected chi connectivity index (χ1v) is 7.14. The smallest absolute Gasteiger partial charge is 0.138 e. The molecule has 0 aliphatic heterocycles. The molecule has 0 aliphatic rings. The van der Waals surface area contributed by atoms with E-state index in [0.29, 0.717) is 0 Å². The quantitative estimate of drug-likeness (QED) is 0.641. The highest BCUT2D eigenvalue weighted by Gasteiger charge is 2.08. The van der Waals surface area contributed by atoms with Gasteiger partial charge in [0.05, 0.1) is 11.0 Å². The van der Waals surface area contributed by atoms with Crippen LogP contribution in [0.2, 0.25) is 0 Å². The van der Waals surface area contributed by atoms with Crippen molar-refractivity contribution >= 4 is 42.9 Å². The van der Waals surface area contributed by atoms with Gasteiger partial charge in [0.1, 0.15) is 5.82 Å². The van der Waals surface area contributed by atoms with Crippen molar-refractivity contribution in [1.82, 2.24) is 9.97 Å². The lowest BCUT2D eigenvalue weighted by atomic mass is 10.1. The number of imidazole rings is 1. The zero-order valence-corrected chi connectivity index (χ0v) is 12.8. The second-order valence-electron chi connectivity index (χ2n) is 4.21. The fourth-order valence-electron chi connectivity index (χ4n) is 1.96. The van der Waals surface area contributed by atoms with Gasteiger partial charge < -0.3 is 4.98 Å². The zero-order chi connectivity index (χ0) is 12.7. The lowest BCUT2D eigenvalue weighted by Gasteiger charge is -2.02. The van der Waals surface area contributed by atoms with E-state index in [9.17, 15) is 0 Å². The van der Waals surface area contributed by atoms with Crippen molar-refractivity contribution in [3.05, 3.63) is 50.9 Å². The third kappa shape index (κ3) is 2.10. The maximum absolute atomic E-state index is 4.63. The summed E-state index contributed by atoms with van der Waals surface area (Å²) in [6.07, 6.45) is 0. The molecule has 0 atom stereocenters. The minimum absolute atomic E-state index is 0.905. The molecule has 2 aromatic carbocycles. The number of aryl methyl sites for hydroxylation is 1. The van der Waals surface area contributed by atoms with Gasteiger partial charge in [-0.1, -0.05) is 37.9 Å². The van der Waals surface area contributed by atoms with Crippen LogP contribution in [0.3, 0.4) is 0 Å². The highest BCUT2D eigenvalue weighted by Crippen LogP contribution is 2.27. The largest absolute Gasteiger partial charge is 0.338 e. The van der Waals surface area contributed by atoms with E-state index in [4.69, 9.17) is 0 Å². The Morgan fingerprint density at radius 1 is 1.00 bits per heavy atom. The van der Waals surface area contributed by atoms with Crippen molar-refractivity contribution in [2.75, 3.05) is 0 Å². The first kappa shape index (κ1) is 11.9. The topological polar surface area (TPSA) is 28.7 Å². The second-order valence-corrected chi connectivity index (χ2v) is 6.04. The average molecular weight is 366 g/mol. The average Bonchev–Trinajstić information content (AvgIpc) is 2.74. The Balaban J connectivity index is 2.22. The molecule has 0 saturated heterocycles. The number of hydrogen-bond acceptors (Lipinski definition) is 1. The summed E-state index contributed by atoms with van der Waals surface area (Å²) in [5, 5.41) is 0. The number of nitrogens with zero attached hydrogens (tertiary/aromatic N) is 1. The molecular weight excluding hydrogens is 356 g/mol. The molecule has 1 heterocycles. The Hall–Kier alpha value is -1.13. The maximum atomic E-state index is 4.63. The van der Waals surface area contributed by atoms with Crippen LogP contribution in [-0.4, -0.2) is 9.97 Å². The molecule has 3 aromatic rings. The maximum Gasteiger partial charge on any atom is 0.138 e. The molecule has 0 saturated carbocycles. The van der Waals surface area contributed by atoms with Gasteiger partial charge in [-0.2, -0.15) is 0 Å². The summed E-state index contributed by atoms with van der Waals surface area (Å²) in [7, 11) is 0. The molecule has 0 radical (unpaired) electrons. The van der Waals surface area contributed by atoms with Crippen LogP contribution < -0.4 is 0 Å². The number of aromatic nitrogens is 2. The van der Waals surface area contributed by atoms with Gasteiger partial charge in [0.15, 0.2) is 0 Å². The normalized spacial score (nSPS) is 11.1. The lowest BCUT2D eigenvalue weighted by Crippen LogP contribution is -1.85. The number of aromatic amines is 1. The number of rotatable bonds is 1. The van der Waals surface area contributed by atoms with Crippen LogP contribution in [0.25, 0.3) is 22.4 Å². The van der Waals surface area contributed by atoms with Gasteiger partial charge in [-0.3, -0.25) is 0 Å². The molecule has 0 spiro atoms. The van der Waals surface area contributed by atoms with Crippen LogP contribution in [0.5, 0.6) is 0 Å². The summed E-state index contributed by atoms with van der Waals surface area (Å²) in [5.74, 6) is 0.905. The minimum Gasteiger partial charge on any atom is -0.338 e. The Labute approximate surface area is 122 Å². The highest BCUT2D eigenvalue weighted by molar-refractivity contribution is 9.10. The van der Waals surface area contributed by atoms with Crippen LogP contribution in [0.1, 0.15) is 5.56 Å². The molecule has 0 amide bonds. The van der Waals surface area contributed by atoms with Gasteiger partial charge in [0.25, 0.3) is 0 Å². The standard InChI is InChI=1S/C14H10Br2N2/c1-8-2-3-9(15)6-11(8)14-17-12-5-4-10(16)7-13(12)18-14/h2-7H,1H3,(H,17,18). The predicted molar refractivity (Wildman–Crippen MR) is 81.7 cm³/mol. The van der Waals surface area contributed by atoms with Crippen molar-refractivity contribution in [3.63, 3.8) is 0 Å². The number of hydrogen-bond donors (Lipinski definition) is 1. The van der Waals surface area contributed by atoms with E-state index >= 15 is 0 Å². The van der Waals surface area contributed by atoms with E-state index in [1.54, 1.807) is 0 Å². The van der Waals surface area contributed by atoms with Gasteiger partial charge in [0.2, 0.25) is 0 Å². The molecule has 1 aromatic heterocycles. The number of halogens is 2. The molecular formula is C14H10Br2N2. The summed E-state index contributed by atoms with van der Waals surface area (Å²) < 4.78 is 2.11. The molecule has 1 N–H and O–H groups in total. The summed E-state index contributed by atoms with van der Waals surface area (Å²) in [6, 6.07) is 12.3. The van der Waals surface area contributed by atoms with Gasteiger partial charge in [0, 0.05) is 14.5 Å². The van der Waals surface area contributed by atoms with E-state index < -0.39 is 0 Å². The Bertz CT molecular complexity index is 732. The van der Waals surface area contributed by atoms with Crippen molar-refractivity contribution in [3.8, 4) is 11.4 Å². The Morgan fingerprint density at radius 2 is 1.72 bits per heavy atom. The van der Waals surface area contributed by atoms with Gasteiger partial charge in [-0.05, 0) is 42.8 Å². The molecule has 3 rings (SSSR count). The fraction of sp³-hybridized carbons (Fsp3) is 0.0714. The van der Waals surface area contributed by atoms with E-state index in [0.717, 1.165) is 31.4 Å². The molecule has 18 heavy (non-hydrogen) atoms. The summed E-state index contributed by atoms with van der Waals surface area (Å²) in [6.45, 7) is 2.09. The molecule has 90 valence electrons. The van der Waals surface area contributed by atoms with Crippen molar-refractivity contribution < 1.29 is 0 Å². The first-order valence-electron chi connectivity index (χ1n) is 5.55. The third-order valence-corrected chi connectivity index (χ3v) is 3.89. The molecule has 0 fully saturated rings. The molecule has 0 bridgehead atoms. The van der Waals surface area contributed by atoms with Crippen LogP contribution in [0, 0.1) is 6.92 Å². The summed E-state index contributed by atoms with van der Waals surface area (Å²) in [5.41, 5.74) is 4.35. The fourth-order valence-corrected chi connectivity index (χ4v) is 2.68. The predicted octanol–water partition coefficient (Wildman–Crippen LogP) is 5.06. The van der Waals surface area contributed by atoms with Gasteiger partial charge in [-0.25, -0.2) is 4.98 Å². The van der Waals surface area contributed by atoms with Crippen LogP contribution in [-0.2, 0) is 0 Å². The van der Waals surface area contributed by atoms with E-state index in [2.05, 4.69) is 60.9 Å². The highest BCUT2D eigenvalue weighted by atomic mass is 79.9. The number of benzene rings is 2. The zero-order valence-electron chi connectivity index (χ0n) is 9.67. The van der Waals surface area contributed by atoms with E-state index in [1.165, 1.54) is 5.56 Å². The van der Waals surface area contributed by atoms with Crippen molar-refractivity contribution in [2.45, 2.75) is 6.92 Å². The molecule has 0 unspecified atom stereocenters. The second kappa shape index (κ2) is 4.52. The number of fused-ring (bicyclic) bond motifs is 1. The Morgan fingerprint density at radius 3 is 2.56 bits per heavy atom. The monoisotopic (exact) mass is 364 g/mol. The van der Waals surface area contributed by atoms with E-state index in [-0.39, 0.29) is 0 Å². The van der Waals surface area contributed by atoms with Crippen molar-refractivity contribution in [1.29, 1.82) is 0 Å². The van der Waals surface area contributed by atoms with Crippen molar-refractivity contribution in [2.24, 2.45) is 0 Å². The first-order chi connectivity index (χ1) is 8.63. The molecule has 2 nitrogen and oxygen atoms in total. The van der Waals surface area contributed by atoms with Crippen LogP contribution in [0.4, 0.5) is 0 Å². The van der Waals surface area contributed by atoms with Crippen LogP contribution >= 0.6 is 31.9 Å². The number of nitrogens with one attached hydrogen (secondary N) is 1. The SMILES string of the molecule is Cc1ccc(Br)cc1-c1nc2ccc(Br)cc2[nH]1. The summed E-state index contributed by atoms with van der Waals surface area (Å²) >= 11 is 6.97. The molecule has 0 aliphatic carbocycles.